The van der Waals surface area contributed by atoms with Crippen molar-refractivity contribution in [2.24, 2.45) is 7.05 Å². The predicted octanol–water partition coefficient (Wildman–Crippen LogP) is 2.69. The summed E-state index contributed by atoms with van der Waals surface area (Å²) in [6.45, 7) is 0. The van der Waals surface area contributed by atoms with Crippen LogP contribution < -0.4 is 5.73 Å². The zero-order valence-electron chi connectivity index (χ0n) is 8.99. The highest BCUT2D eigenvalue weighted by atomic mass is 19.4. The van der Waals surface area contributed by atoms with Crippen LogP contribution in [0.1, 0.15) is 5.56 Å². The lowest BCUT2D eigenvalue weighted by molar-refractivity contribution is -0.137. The van der Waals surface area contributed by atoms with Gasteiger partial charge in [0.2, 0.25) is 0 Å². The van der Waals surface area contributed by atoms with Crippen LogP contribution in [0.25, 0.3) is 11.3 Å². The molecule has 1 aromatic heterocycles. The molecule has 3 nitrogen and oxygen atoms in total. The van der Waals surface area contributed by atoms with Crippen molar-refractivity contribution in [3.05, 3.63) is 35.9 Å². The second-order valence-corrected chi connectivity index (χ2v) is 3.65. The molecule has 0 unspecified atom stereocenters. The molecule has 1 heterocycles. The van der Waals surface area contributed by atoms with Gasteiger partial charge in [0.05, 0.1) is 11.3 Å². The van der Waals surface area contributed by atoms with Crippen LogP contribution in [0.15, 0.2) is 30.3 Å². The smallest absolute Gasteiger partial charge is 0.382 e. The lowest BCUT2D eigenvalue weighted by Crippen LogP contribution is -2.04. The molecule has 0 bridgehead atoms. The number of benzene rings is 1. The van der Waals surface area contributed by atoms with E-state index in [1.807, 2.05) is 0 Å². The van der Waals surface area contributed by atoms with Gasteiger partial charge in [-0.1, -0.05) is 12.1 Å². The molecule has 0 saturated heterocycles. The lowest BCUT2D eigenvalue weighted by atomic mass is 10.1. The van der Waals surface area contributed by atoms with Crippen LogP contribution in [0, 0.1) is 0 Å². The summed E-state index contributed by atoms with van der Waals surface area (Å²) in [4.78, 5) is 0. The van der Waals surface area contributed by atoms with E-state index in [0.29, 0.717) is 17.1 Å². The maximum Gasteiger partial charge on any atom is 0.416 e. The molecule has 0 atom stereocenters. The predicted molar refractivity (Wildman–Crippen MR) is 58.1 cm³/mol. The van der Waals surface area contributed by atoms with E-state index >= 15 is 0 Å². The molecule has 0 aliphatic rings. The Labute approximate surface area is 95.7 Å². The highest BCUT2D eigenvalue weighted by Gasteiger charge is 2.30. The van der Waals surface area contributed by atoms with Crippen molar-refractivity contribution in [2.75, 3.05) is 5.73 Å². The van der Waals surface area contributed by atoms with Crippen LogP contribution in [0.5, 0.6) is 0 Å². The molecule has 90 valence electrons. The number of aryl methyl sites for hydroxylation is 1. The molecule has 2 N–H and O–H groups in total. The van der Waals surface area contributed by atoms with E-state index < -0.39 is 11.7 Å². The van der Waals surface area contributed by atoms with Gasteiger partial charge in [-0.05, 0) is 17.7 Å². The molecule has 0 saturated carbocycles. The van der Waals surface area contributed by atoms with Crippen LogP contribution in [-0.4, -0.2) is 9.78 Å². The van der Waals surface area contributed by atoms with Gasteiger partial charge in [0.15, 0.2) is 0 Å². The maximum absolute atomic E-state index is 12.4. The Morgan fingerprint density at radius 3 is 2.18 bits per heavy atom. The first-order valence-corrected chi connectivity index (χ1v) is 4.85. The largest absolute Gasteiger partial charge is 0.416 e. The monoisotopic (exact) mass is 241 g/mol. The van der Waals surface area contributed by atoms with Gasteiger partial charge in [-0.15, -0.1) is 0 Å². The lowest BCUT2D eigenvalue weighted by Gasteiger charge is -2.07. The summed E-state index contributed by atoms with van der Waals surface area (Å²) >= 11 is 0. The van der Waals surface area contributed by atoms with E-state index in [-0.39, 0.29) is 0 Å². The fraction of sp³-hybridized carbons (Fsp3) is 0.182. The number of nitrogens with two attached hydrogens (primary N) is 1. The number of halogens is 3. The van der Waals surface area contributed by atoms with E-state index in [0.717, 1.165) is 12.1 Å². The summed E-state index contributed by atoms with van der Waals surface area (Å²) in [5.74, 6) is 0.336. The van der Waals surface area contributed by atoms with Gasteiger partial charge in [-0.3, -0.25) is 4.68 Å². The molecule has 1 aromatic carbocycles. The average molecular weight is 241 g/mol. The zero-order valence-corrected chi connectivity index (χ0v) is 8.99. The molecule has 0 radical (unpaired) electrons. The fourth-order valence-electron chi connectivity index (χ4n) is 1.59. The van der Waals surface area contributed by atoms with E-state index in [4.69, 9.17) is 5.73 Å². The van der Waals surface area contributed by atoms with E-state index in [1.54, 1.807) is 13.1 Å². The number of nitrogens with zero attached hydrogens (tertiary/aromatic N) is 2. The number of nitrogen functional groups attached to an aromatic ring is 1. The van der Waals surface area contributed by atoms with Gasteiger partial charge in [0.1, 0.15) is 5.82 Å². The van der Waals surface area contributed by atoms with Gasteiger partial charge < -0.3 is 5.73 Å². The van der Waals surface area contributed by atoms with Crippen molar-refractivity contribution < 1.29 is 13.2 Å². The fourth-order valence-corrected chi connectivity index (χ4v) is 1.59. The average Bonchev–Trinajstić information content (AvgIpc) is 2.57. The van der Waals surface area contributed by atoms with E-state index in [2.05, 4.69) is 5.10 Å². The third-order valence-corrected chi connectivity index (χ3v) is 2.41. The normalized spacial score (nSPS) is 11.8. The van der Waals surface area contributed by atoms with Crippen LogP contribution in [0.3, 0.4) is 0 Å². The molecule has 17 heavy (non-hydrogen) atoms. The number of hydrogen-bond donors (Lipinski definition) is 1. The van der Waals surface area contributed by atoms with Crippen molar-refractivity contribution in [3.8, 4) is 11.3 Å². The van der Waals surface area contributed by atoms with Gasteiger partial charge in [-0.2, -0.15) is 18.3 Å². The van der Waals surface area contributed by atoms with Crippen molar-refractivity contribution in [1.82, 2.24) is 9.78 Å². The van der Waals surface area contributed by atoms with Crippen molar-refractivity contribution in [1.29, 1.82) is 0 Å². The maximum atomic E-state index is 12.4. The summed E-state index contributed by atoms with van der Waals surface area (Å²) in [5.41, 5.74) is 6.15. The standard InChI is InChI=1S/C11H10F3N3/c1-17-9(6-10(15)16-17)7-2-4-8(5-3-7)11(12,13)14/h2-6H,1H3,(H2,15,16). The number of alkyl halides is 3. The summed E-state index contributed by atoms with van der Waals surface area (Å²) in [5, 5.41) is 3.93. The third kappa shape index (κ3) is 2.25. The summed E-state index contributed by atoms with van der Waals surface area (Å²) in [6.07, 6.45) is -4.32. The Morgan fingerprint density at radius 2 is 1.76 bits per heavy atom. The van der Waals surface area contributed by atoms with E-state index in [9.17, 15) is 13.2 Å². The van der Waals surface area contributed by atoms with Crippen molar-refractivity contribution >= 4 is 5.82 Å². The molecule has 2 aromatic rings. The molecule has 0 spiro atoms. The number of hydrogen-bond acceptors (Lipinski definition) is 2. The molecular formula is C11H10F3N3. The van der Waals surface area contributed by atoms with Crippen LogP contribution in [0.2, 0.25) is 0 Å². The quantitative estimate of drug-likeness (QED) is 0.834. The minimum absolute atomic E-state index is 0.336. The molecule has 0 aliphatic carbocycles. The third-order valence-electron chi connectivity index (χ3n) is 2.41. The summed E-state index contributed by atoms with van der Waals surface area (Å²) in [7, 11) is 1.68. The Kier molecular flexibility index (Phi) is 2.57. The summed E-state index contributed by atoms with van der Waals surface area (Å²) < 4.78 is 38.6. The minimum atomic E-state index is -4.32. The van der Waals surface area contributed by atoms with Gasteiger partial charge in [0.25, 0.3) is 0 Å². The van der Waals surface area contributed by atoms with Gasteiger partial charge in [-0.25, -0.2) is 0 Å². The molecular weight excluding hydrogens is 231 g/mol. The first kappa shape index (κ1) is 11.5. The Bertz CT molecular complexity index is 526. The number of anilines is 1. The first-order chi connectivity index (χ1) is 7.88. The first-order valence-electron chi connectivity index (χ1n) is 4.85. The second kappa shape index (κ2) is 3.80. The van der Waals surface area contributed by atoms with Crippen molar-refractivity contribution in [2.45, 2.75) is 6.18 Å². The molecule has 0 aliphatic heterocycles. The minimum Gasteiger partial charge on any atom is -0.382 e. The highest BCUT2D eigenvalue weighted by Crippen LogP contribution is 2.31. The zero-order chi connectivity index (χ0) is 12.6. The molecule has 6 heteroatoms. The number of rotatable bonds is 1. The molecule has 0 fully saturated rings. The summed E-state index contributed by atoms with van der Waals surface area (Å²) in [6, 6.07) is 6.50. The Morgan fingerprint density at radius 1 is 1.18 bits per heavy atom. The van der Waals surface area contributed by atoms with Crippen LogP contribution in [0.4, 0.5) is 19.0 Å². The molecule has 0 amide bonds. The SMILES string of the molecule is Cn1nc(N)cc1-c1ccc(C(F)(F)F)cc1. The Hall–Kier alpha value is -1.98. The molecule has 2 rings (SSSR count). The highest BCUT2D eigenvalue weighted by molar-refractivity contribution is 5.63. The van der Waals surface area contributed by atoms with Gasteiger partial charge >= 0.3 is 6.18 Å². The number of aromatic nitrogens is 2. The van der Waals surface area contributed by atoms with Crippen molar-refractivity contribution in [3.63, 3.8) is 0 Å². The van der Waals surface area contributed by atoms with Crippen LogP contribution in [-0.2, 0) is 13.2 Å². The van der Waals surface area contributed by atoms with Gasteiger partial charge in [0, 0.05) is 13.1 Å². The second-order valence-electron chi connectivity index (χ2n) is 3.65. The Balaban J connectivity index is 2.39. The van der Waals surface area contributed by atoms with E-state index in [1.165, 1.54) is 16.8 Å². The van der Waals surface area contributed by atoms with Crippen LogP contribution >= 0.6 is 0 Å². The topological polar surface area (TPSA) is 43.8 Å².